The first-order valence-electron chi connectivity index (χ1n) is 4.92. The van der Waals surface area contributed by atoms with E-state index in [1.807, 2.05) is 13.0 Å². The van der Waals surface area contributed by atoms with Crippen LogP contribution in [-0.2, 0) is 6.42 Å². The molecule has 0 fully saturated rings. The highest BCUT2D eigenvalue weighted by Crippen LogP contribution is 2.35. The van der Waals surface area contributed by atoms with E-state index in [-0.39, 0.29) is 11.6 Å². The van der Waals surface area contributed by atoms with Crippen molar-refractivity contribution < 1.29 is 9.50 Å². The Kier molecular flexibility index (Phi) is 2.28. The van der Waals surface area contributed by atoms with Gasteiger partial charge in [-0.15, -0.1) is 0 Å². The maximum Gasteiger partial charge on any atom is 0.115 e. The minimum absolute atomic E-state index is 0.00527. The van der Waals surface area contributed by atoms with E-state index < -0.39 is 0 Å². The van der Waals surface area contributed by atoms with Crippen LogP contribution in [0.4, 0.5) is 4.39 Å². The van der Waals surface area contributed by atoms with E-state index in [0.717, 1.165) is 16.7 Å². The zero-order valence-electron chi connectivity index (χ0n) is 8.18. The fourth-order valence-electron chi connectivity index (χ4n) is 2.01. The standard InChI is InChI=1S/C12H13FO/c1-2-10-11-5-4-9(14)7-8(11)3-6-12(10)13/h4-5,7,14H,2-3,6H2,1H3. The van der Waals surface area contributed by atoms with Crippen LogP contribution in [-0.4, -0.2) is 5.11 Å². The van der Waals surface area contributed by atoms with E-state index >= 15 is 0 Å². The quantitative estimate of drug-likeness (QED) is 0.722. The van der Waals surface area contributed by atoms with Gasteiger partial charge in [0.1, 0.15) is 11.6 Å². The van der Waals surface area contributed by atoms with Crippen molar-refractivity contribution in [1.82, 2.24) is 0 Å². The highest BCUT2D eigenvalue weighted by molar-refractivity contribution is 5.72. The van der Waals surface area contributed by atoms with Crippen molar-refractivity contribution in [2.24, 2.45) is 0 Å². The highest BCUT2D eigenvalue weighted by Gasteiger charge is 2.17. The Hall–Kier alpha value is -1.31. The summed E-state index contributed by atoms with van der Waals surface area (Å²) in [6.45, 7) is 1.96. The van der Waals surface area contributed by atoms with E-state index in [4.69, 9.17) is 0 Å². The maximum atomic E-state index is 13.4. The summed E-state index contributed by atoms with van der Waals surface area (Å²) in [5.74, 6) is 0.271. The molecular formula is C12H13FO. The molecule has 0 aliphatic heterocycles. The van der Waals surface area contributed by atoms with Crippen molar-refractivity contribution in [3.05, 3.63) is 35.2 Å². The van der Waals surface area contributed by atoms with Crippen molar-refractivity contribution in [3.8, 4) is 5.75 Å². The molecular weight excluding hydrogens is 179 g/mol. The third kappa shape index (κ3) is 1.41. The number of allylic oxidation sites excluding steroid dienone is 2. The lowest BCUT2D eigenvalue weighted by Gasteiger charge is -2.18. The van der Waals surface area contributed by atoms with Gasteiger partial charge in [0.15, 0.2) is 0 Å². The zero-order valence-corrected chi connectivity index (χ0v) is 8.18. The number of benzene rings is 1. The van der Waals surface area contributed by atoms with Crippen molar-refractivity contribution in [1.29, 1.82) is 0 Å². The van der Waals surface area contributed by atoms with Crippen LogP contribution >= 0.6 is 0 Å². The molecule has 0 atom stereocenters. The summed E-state index contributed by atoms with van der Waals surface area (Å²) < 4.78 is 13.4. The lowest BCUT2D eigenvalue weighted by atomic mass is 9.88. The second-order valence-corrected chi connectivity index (χ2v) is 3.58. The van der Waals surface area contributed by atoms with Gasteiger partial charge in [-0.1, -0.05) is 13.0 Å². The Bertz CT molecular complexity index is 393. The average Bonchev–Trinajstić information content (AvgIpc) is 2.18. The monoisotopic (exact) mass is 192 g/mol. The number of rotatable bonds is 1. The van der Waals surface area contributed by atoms with Gasteiger partial charge >= 0.3 is 0 Å². The molecule has 0 unspecified atom stereocenters. The molecule has 2 rings (SSSR count). The Morgan fingerprint density at radius 3 is 2.86 bits per heavy atom. The van der Waals surface area contributed by atoms with E-state index in [2.05, 4.69) is 0 Å². The van der Waals surface area contributed by atoms with Gasteiger partial charge in [0.2, 0.25) is 0 Å². The van der Waals surface area contributed by atoms with Gasteiger partial charge in [-0.3, -0.25) is 0 Å². The van der Waals surface area contributed by atoms with Crippen molar-refractivity contribution in [3.63, 3.8) is 0 Å². The van der Waals surface area contributed by atoms with E-state index in [0.29, 0.717) is 19.3 Å². The summed E-state index contributed by atoms with van der Waals surface area (Å²) in [6, 6.07) is 5.16. The van der Waals surface area contributed by atoms with Crippen LogP contribution in [0.5, 0.6) is 5.75 Å². The molecule has 1 aliphatic rings. The first-order valence-corrected chi connectivity index (χ1v) is 4.92. The van der Waals surface area contributed by atoms with Gasteiger partial charge in [-0.2, -0.15) is 0 Å². The fraction of sp³-hybridized carbons (Fsp3) is 0.333. The molecule has 14 heavy (non-hydrogen) atoms. The summed E-state index contributed by atoms with van der Waals surface area (Å²) in [6.07, 6.45) is 1.88. The number of hydrogen-bond acceptors (Lipinski definition) is 1. The third-order valence-electron chi connectivity index (χ3n) is 2.71. The predicted molar refractivity (Wildman–Crippen MR) is 54.7 cm³/mol. The molecule has 1 nitrogen and oxygen atoms in total. The molecule has 1 aromatic carbocycles. The molecule has 0 amide bonds. The maximum absolute atomic E-state index is 13.4. The van der Waals surface area contributed by atoms with Crippen LogP contribution in [0.3, 0.4) is 0 Å². The molecule has 0 heterocycles. The van der Waals surface area contributed by atoms with Gasteiger partial charge in [0.25, 0.3) is 0 Å². The fourth-order valence-corrected chi connectivity index (χ4v) is 2.01. The first kappa shape index (κ1) is 9.25. The molecule has 0 bridgehead atoms. The normalized spacial score (nSPS) is 15.6. The smallest absolute Gasteiger partial charge is 0.115 e. The molecule has 0 saturated carbocycles. The van der Waals surface area contributed by atoms with Gasteiger partial charge in [-0.25, -0.2) is 4.39 Å². The minimum atomic E-state index is 0.00527. The van der Waals surface area contributed by atoms with E-state index in [1.165, 1.54) is 0 Å². The first-order chi connectivity index (χ1) is 6.72. The molecule has 74 valence electrons. The van der Waals surface area contributed by atoms with Crippen LogP contribution < -0.4 is 0 Å². The summed E-state index contributed by atoms with van der Waals surface area (Å²) in [5, 5.41) is 9.30. The number of fused-ring (bicyclic) bond motifs is 1. The molecule has 2 heteroatoms. The van der Waals surface area contributed by atoms with Crippen molar-refractivity contribution in [2.45, 2.75) is 26.2 Å². The number of aromatic hydroxyl groups is 1. The largest absolute Gasteiger partial charge is 0.508 e. The Morgan fingerprint density at radius 2 is 2.14 bits per heavy atom. The summed E-state index contributed by atoms with van der Waals surface area (Å²) in [5.41, 5.74) is 2.82. The highest BCUT2D eigenvalue weighted by atomic mass is 19.1. The number of halogens is 1. The van der Waals surface area contributed by atoms with Crippen LogP contribution in [0, 0.1) is 0 Å². The van der Waals surface area contributed by atoms with Crippen LogP contribution in [0.25, 0.3) is 5.57 Å². The number of hydrogen-bond donors (Lipinski definition) is 1. The molecule has 1 N–H and O–H groups in total. The summed E-state index contributed by atoms with van der Waals surface area (Å²) >= 11 is 0. The topological polar surface area (TPSA) is 20.2 Å². The number of aryl methyl sites for hydroxylation is 1. The van der Waals surface area contributed by atoms with Gasteiger partial charge in [0.05, 0.1) is 0 Å². The Labute approximate surface area is 82.9 Å². The lowest BCUT2D eigenvalue weighted by molar-refractivity contribution is 0.474. The Morgan fingerprint density at radius 1 is 1.36 bits per heavy atom. The summed E-state index contributed by atoms with van der Waals surface area (Å²) in [4.78, 5) is 0. The van der Waals surface area contributed by atoms with E-state index in [1.54, 1.807) is 12.1 Å². The SMILES string of the molecule is CCC1=C(F)CCc2cc(O)ccc21. The van der Waals surface area contributed by atoms with Crippen LogP contribution in [0.2, 0.25) is 0 Å². The molecule has 0 radical (unpaired) electrons. The summed E-state index contributed by atoms with van der Waals surface area (Å²) in [7, 11) is 0. The molecule has 0 saturated heterocycles. The van der Waals surface area contributed by atoms with E-state index in [9.17, 15) is 9.50 Å². The Balaban J connectivity index is 2.55. The van der Waals surface area contributed by atoms with Crippen molar-refractivity contribution >= 4 is 5.57 Å². The third-order valence-corrected chi connectivity index (χ3v) is 2.71. The molecule has 1 aliphatic carbocycles. The second-order valence-electron chi connectivity index (χ2n) is 3.58. The number of phenolic OH excluding ortho intramolecular Hbond substituents is 1. The van der Waals surface area contributed by atoms with Crippen molar-refractivity contribution in [2.75, 3.05) is 0 Å². The molecule has 1 aromatic rings. The van der Waals surface area contributed by atoms with Crippen LogP contribution in [0.15, 0.2) is 24.0 Å². The minimum Gasteiger partial charge on any atom is -0.508 e. The second kappa shape index (κ2) is 3.45. The lowest BCUT2D eigenvalue weighted by Crippen LogP contribution is -2.02. The zero-order chi connectivity index (χ0) is 10.1. The van der Waals surface area contributed by atoms with Gasteiger partial charge < -0.3 is 5.11 Å². The molecule has 0 spiro atoms. The van der Waals surface area contributed by atoms with Gasteiger partial charge in [-0.05, 0) is 41.7 Å². The predicted octanol–water partition coefficient (Wildman–Crippen LogP) is 3.43. The van der Waals surface area contributed by atoms with Crippen LogP contribution in [0.1, 0.15) is 30.9 Å². The molecule has 0 aromatic heterocycles. The average molecular weight is 192 g/mol. The van der Waals surface area contributed by atoms with Gasteiger partial charge in [0, 0.05) is 6.42 Å². The number of phenols is 1.